The minimum absolute atomic E-state index is 0.0458. The first kappa shape index (κ1) is 18.0. The van der Waals surface area contributed by atoms with Gasteiger partial charge in [-0.05, 0) is 30.3 Å². The minimum Gasteiger partial charge on any atom is -0.271 e. The smallest absolute Gasteiger partial charge is 0.260 e. The zero-order chi connectivity index (χ0) is 18.4. The van der Waals surface area contributed by atoms with Gasteiger partial charge in [0, 0.05) is 37.6 Å². The van der Waals surface area contributed by atoms with Crippen LogP contribution in [0, 0.1) is 11.3 Å². The predicted molar refractivity (Wildman–Crippen MR) is 92.6 cm³/mol. The summed E-state index contributed by atoms with van der Waals surface area (Å²) >= 11 is 0. The molecule has 3 rings (SSSR count). The number of hydroxylamine groups is 1. The van der Waals surface area contributed by atoms with Crippen LogP contribution in [0.4, 0.5) is 0 Å². The highest BCUT2D eigenvalue weighted by atomic mass is 32.2. The third kappa shape index (κ3) is 4.23. The Labute approximate surface area is 151 Å². The van der Waals surface area contributed by atoms with E-state index in [1.807, 2.05) is 6.07 Å². The Balaban J connectivity index is 1.54. The molecule has 1 aliphatic rings. The quantitative estimate of drug-likeness (QED) is 0.764. The molecule has 0 unspecified atom stereocenters. The van der Waals surface area contributed by atoms with Crippen molar-refractivity contribution in [1.29, 1.82) is 5.26 Å². The summed E-state index contributed by atoms with van der Waals surface area (Å²) < 4.78 is 26.4. The van der Waals surface area contributed by atoms with E-state index < -0.39 is 10.0 Å². The number of nitrogens with zero attached hydrogens (tertiary/aromatic N) is 4. The van der Waals surface area contributed by atoms with Crippen molar-refractivity contribution >= 4 is 10.0 Å². The van der Waals surface area contributed by atoms with Gasteiger partial charge in [-0.3, -0.25) is 15.3 Å². The third-order valence-corrected chi connectivity index (χ3v) is 5.56. The number of nitriles is 1. The average molecular weight is 371 g/mol. The van der Waals surface area contributed by atoms with Crippen LogP contribution in [0.25, 0.3) is 0 Å². The molecule has 26 heavy (non-hydrogen) atoms. The van der Waals surface area contributed by atoms with E-state index in [0.29, 0.717) is 24.2 Å². The molecule has 0 fully saturated rings. The second-order valence-electron chi connectivity index (χ2n) is 5.55. The van der Waals surface area contributed by atoms with Crippen molar-refractivity contribution < 1.29 is 13.3 Å². The molecule has 0 saturated heterocycles. The van der Waals surface area contributed by atoms with Crippen molar-refractivity contribution in [2.24, 2.45) is 0 Å². The molecule has 0 amide bonds. The van der Waals surface area contributed by atoms with Gasteiger partial charge in [0.25, 0.3) is 10.0 Å². The van der Waals surface area contributed by atoms with E-state index in [2.05, 4.69) is 15.4 Å². The monoisotopic (exact) mass is 371 g/mol. The molecule has 0 bridgehead atoms. The van der Waals surface area contributed by atoms with Crippen LogP contribution in [-0.2, 0) is 21.5 Å². The van der Waals surface area contributed by atoms with Gasteiger partial charge >= 0.3 is 0 Å². The summed E-state index contributed by atoms with van der Waals surface area (Å²) in [6.45, 7) is 0.777. The maximum absolute atomic E-state index is 12.5. The number of aromatic nitrogens is 2. The van der Waals surface area contributed by atoms with Crippen LogP contribution in [-0.4, -0.2) is 35.8 Å². The predicted octanol–water partition coefficient (Wildman–Crippen LogP) is 1.35. The van der Waals surface area contributed by atoms with Gasteiger partial charge in [0.05, 0.1) is 17.3 Å². The molecule has 0 aromatic carbocycles. The van der Waals surface area contributed by atoms with E-state index >= 15 is 0 Å². The van der Waals surface area contributed by atoms with Crippen molar-refractivity contribution in [3.63, 3.8) is 0 Å². The van der Waals surface area contributed by atoms with Gasteiger partial charge in [-0.1, -0.05) is 6.07 Å². The molecule has 3 heterocycles. The second-order valence-corrected chi connectivity index (χ2v) is 7.43. The van der Waals surface area contributed by atoms with E-state index in [9.17, 15) is 8.42 Å². The summed E-state index contributed by atoms with van der Waals surface area (Å²) in [4.78, 5) is 13.4. The SMILES string of the molecule is N#Cc1ccnc(CONC2=CCN(S(=O)(=O)c3ccccn3)CC2)c1. The van der Waals surface area contributed by atoms with E-state index in [1.165, 1.54) is 16.6 Å². The summed E-state index contributed by atoms with van der Waals surface area (Å²) in [6, 6.07) is 10.1. The van der Waals surface area contributed by atoms with Crippen LogP contribution in [0.3, 0.4) is 0 Å². The molecular weight excluding hydrogens is 354 g/mol. The maximum atomic E-state index is 12.5. The van der Waals surface area contributed by atoms with Gasteiger partial charge < -0.3 is 0 Å². The Kier molecular flexibility index (Phi) is 5.58. The van der Waals surface area contributed by atoms with Crippen molar-refractivity contribution in [2.45, 2.75) is 18.1 Å². The Morgan fingerprint density at radius 1 is 1.27 bits per heavy atom. The van der Waals surface area contributed by atoms with Crippen molar-refractivity contribution in [2.75, 3.05) is 13.1 Å². The molecule has 0 atom stereocenters. The minimum atomic E-state index is -3.59. The summed E-state index contributed by atoms with van der Waals surface area (Å²) in [6.07, 6.45) is 5.28. The lowest BCUT2D eigenvalue weighted by Crippen LogP contribution is -2.37. The lowest BCUT2D eigenvalue weighted by Gasteiger charge is -2.25. The number of hydrogen-bond acceptors (Lipinski definition) is 7. The fourth-order valence-corrected chi connectivity index (χ4v) is 3.73. The zero-order valence-electron chi connectivity index (χ0n) is 13.9. The van der Waals surface area contributed by atoms with Gasteiger partial charge in [0.2, 0.25) is 0 Å². The van der Waals surface area contributed by atoms with Crippen LogP contribution >= 0.6 is 0 Å². The molecule has 0 aliphatic carbocycles. The lowest BCUT2D eigenvalue weighted by atomic mass is 10.2. The van der Waals surface area contributed by atoms with Gasteiger partial charge in [-0.2, -0.15) is 9.57 Å². The molecule has 9 heteroatoms. The molecule has 2 aromatic heterocycles. The third-order valence-electron chi connectivity index (χ3n) is 3.78. The Hall–Kier alpha value is -2.80. The largest absolute Gasteiger partial charge is 0.271 e. The molecule has 8 nitrogen and oxygen atoms in total. The van der Waals surface area contributed by atoms with Crippen LogP contribution in [0.15, 0.2) is 59.5 Å². The van der Waals surface area contributed by atoms with Gasteiger partial charge in [0.1, 0.15) is 6.61 Å². The van der Waals surface area contributed by atoms with Crippen molar-refractivity contribution in [1.82, 2.24) is 19.8 Å². The number of hydrogen-bond donors (Lipinski definition) is 1. The van der Waals surface area contributed by atoms with E-state index in [-0.39, 0.29) is 18.2 Å². The standard InChI is InChI=1S/C17H17N5O3S/c18-12-14-4-8-19-16(11-14)13-25-21-15-5-9-22(10-6-15)26(23,24)17-3-1-2-7-20-17/h1-5,7-8,11,21H,6,9-10,13H2. The normalized spacial score (nSPS) is 15.1. The molecule has 0 radical (unpaired) electrons. The molecule has 0 saturated carbocycles. The topological polar surface area (TPSA) is 108 Å². The molecule has 2 aromatic rings. The van der Waals surface area contributed by atoms with Crippen molar-refractivity contribution in [3.8, 4) is 6.07 Å². The van der Waals surface area contributed by atoms with Crippen LogP contribution in [0.1, 0.15) is 17.7 Å². The Bertz CT molecular complexity index is 938. The van der Waals surface area contributed by atoms with E-state index in [4.69, 9.17) is 10.1 Å². The Morgan fingerprint density at radius 2 is 2.15 bits per heavy atom. The molecule has 1 aliphatic heterocycles. The van der Waals surface area contributed by atoms with Crippen LogP contribution < -0.4 is 5.48 Å². The second kappa shape index (κ2) is 8.05. The summed E-state index contributed by atoms with van der Waals surface area (Å²) in [5, 5.41) is 8.91. The molecule has 1 N–H and O–H groups in total. The van der Waals surface area contributed by atoms with Crippen molar-refractivity contribution in [3.05, 3.63) is 65.8 Å². The highest BCUT2D eigenvalue weighted by Gasteiger charge is 2.27. The van der Waals surface area contributed by atoms with Gasteiger partial charge in [0.15, 0.2) is 5.03 Å². The summed E-state index contributed by atoms with van der Waals surface area (Å²) in [5.41, 5.74) is 4.77. The molecule has 0 spiro atoms. The first-order valence-corrected chi connectivity index (χ1v) is 9.36. The highest BCUT2D eigenvalue weighted by Crippen LogP contribution is 2.18. The lowest BCUT2D eigenvalue weighted by molar-refractivity contribution is 0.0433. The highest BCUT2D eigenvalue weighted by molar-refractivity contribution is 7.89. The van der Waals surface area contributed by atoms with Crippen LogP contribution in [0.2, 0.25) is 0 Å². The average Bonchev–Trinajstić information content (AvgIpc) is 2.69. The number of rotatable bonds is 6. The fraction of sp³-hybridized carbons (Fsp3) is 0.235. The first-order chi connectivity index (χ1) is 12.6. The van der Waals surface area contributed by atoms with E-state index in [0.717, 1.165) is 5.70 Å². The molecule has 134 valence electrons. The number of pyridine rings is 2. The van der Waals surface area contributed by atoms with E-state index in [1.54, 1.807) is 36.5 Å². The fourth-order valence-electron chi connectivity index (χ4n) is 2.42. The number of nitrogens with one attached hydrogen (secondary N) is 1. The van der Waals surface area contributed by atoms with Crippen LogP contribution in [0.5, 0.6) is 0 Å². The maximum Gasteiger partial charge on any atom is 0.260 e. The summed E-state index contributed by atoms with van der Waals surface area (Å²) in [5.74, 6) is 0. The first-order valence-electron chi connectivity index (χ1n) is 7.92. The Morgan fingerprint density at radius 3 is 2.85 bits per heavy atom. The van der Waals surface area contributed by atoms with Gasteiger partial charge in [-0.25, -0.2) is 13.4 Å². The number of sulfonamides is 1. The van der Waals surface area contributed by atoms with Gasteiger partial charge in [-0.15, -0.1) is 0 Å². The molecular formula is C17H17N5O3S. The zero-order valence-corrected chi connectivity index (χ0v) is 14.7. The summed E-state index contributed by atoms with van der Waals surface area (Å²) in [7, 11) is -3.59.